The molecule has 1 aliphatic rings. The van der Waals surface area contributed by atoms with Crippen LogP contribution in [0.15, 0.2) is 48.5 Å². The number of morpholine rings is 1. The molecule has 26 heavy (non-hydrogen) atoms. The zero-order chi connectivity index (χ0) is 18.7. The van der Waals surface area contributed by atoms with E-state index < -0.39 is 4.92 Å². The van der Waals surface area contributed by atoms with E-state index in [-0.39, 0.29) is 23.8 Å². The fraction of sp³-hybridized carbons (Fsp3) is 0.316. The molecule has 1 aliphatic heterocycles. The van der Waals surface area contributed by atoms with Crippen LogP contribution in [0.1, 0.15) is 28.9 Å². The van der Waals surface area contributed by atoms with Gasteiger partial charge in [-0.1, -0.05) is 30.3 Å². The van der Waals surface area contributed by atoms with Crippen molar-refractivity contribution in [3.63, 3.8) is 0 Å². The molecule has 0 aromatic heterocycles. The summed E-state index contributed by atoms with van der Waals surface area (Å²) in [5.41, 5.74) is 1.76. The van der Waals surface area contributed by atoms with Crippen LogP contribution >= 0.6 is 0 Å². The van der Waals surface area contributed by atoms with Crippen molar-refractivity contribution in [1.29, 1.82) is 0 Å². The first-order chi connectivity index (χ1) is 12.5. The van der Waals surface area contributed by atoms with Gasteiger partial charge in [0.1, 0.15) is 6.10 Å². The fourth-order valence-electron chi connectivity index (χ4n) is 3.18. The number of hydrogen-bond acceptors (Lipinski definition) is 5. The van der Waals surface area contributed by atoms with E-state index in [9.17, 15) is 14.9 Å². The number of anilines is 1. The number of nitrogens with zero attached hydrogens (tertiary/aromatic N) is 2. The first-order valence-corrected chi connectivity index (χ1v) is 8.45. The number of carbonyl (C=O) groups is 1. The zero-order valence-corrected chi connectivity index (χ0v) is 14.7. The molecular formula is C19H21N3O4. The predicted octanol–water partition coefficient (Wildman–Crippen LogP) is 3.24. The largest absolute Gasteiger partial charge is 0.387 e. The summed E-state index contributed by atoms with van der Waals surface area (Å²) in [7, 11) is 1.69. The number of rotatable bonds is 4. The second-order valence-corrected chi connectivity index (χ2v) is 6.29. The maximum Gasteiger partial charge on any atom is 0.270 e. The molecule has 7 heteroatoms. The Hall–Kier alpha value is -2.93. The third-order valence-electron chi connectivity index (χ3n) is 4.43. The lowest BCUT2D eigenvalue weighted by atomic mass is 10.0. The van der Waals surface area contributed by atoms with Crippen LogP contribution in [-0.2, 0) is 4.74 Å². The van der Waals surface area contributed by atoms with E-state index in [1.807, 2.05) is 37.3 Å². The highest BCUT2D eigenvalue weighted by atomic mass is 16.6. The summed E-state index contributed by atoms with van der Waals surface area (Å²) in [4.78, 5) is 25.4. The Morgan fingerprint density at radius 3 is 2.62 bits per heavy atom. The molecule has 1 heterocycles. The highest BCUT2D eigenvalue weighted by Crippen LogP contribution is 2.29. The van der Waals surface area contributed by atoms with Gasteiger partial charge in [-0.3, -0.25) is 14.9 Å². The lowest BCUT2D eigenvalue weighted by molar-refractivity contribution is -0.384. The lowest BCUT2D eigenvalue weighted by Crippen LogP contribution is -2.46. The molecule has 2 aromatic rings. The van der Waals surface area contributed by atoms with Crippen LogP contribution in [0.25, 0.3) is 0 Å². The first kappa shape index (κ1) is 17.9. The minimum atomic E-state index is -0.495. The highest BCUT2D eigenvalue weighted by Gasteiger charge is 2.31. The molecule has 2 atom stereocenters. The van der Waals surface area contributed by atoms with Gasteiger partial charge in [0.25, 0.3) is 11.6 Å². The van der Waals surface area contributed by atoms with Gasteiger partial charge in [-0.2, -0.15) is 0 Å². The van der Waals surface area contributed by atoms with E-state index >= 15 is 0 Å². The van der Waals surface area contributed by atoms with Crippen molar-refractivity contribution < 1.29 is 14.5 Å². The Balaban J connectivity index is 1.89. The van der Waals surface area contributed by atoms with Gasteiger partial charge >= 0.3 is 0 Å². The van der Waals surface area contributed by atoms with E-state index in [0.29, 0.717) is 24.3 Å². The average molecular weight is 355 g/mol. The van der Waals surface area contributed by atoms with Gasteiger partial charge in [0, 0.05) is 31.4 Å². The summed E-state index contributed by atoms with van der Waals surface area (Å²) in [5.74, 6) is -0.242. The Morgan fingerprint density at radius 2 is 1.96 bits per heavy atom. The smallest absolute Gasteiger partial charge is 0.270 e. The Labute approximate surface area is 151 Å². The Bertz CT molecular complexity index is 810. The SMILES string of the molecule is CNc1ccc([N+](=O)[O-])cc1C(=O)N1C[C@H](C)O[C@@H](c2ccccc2)C1. The Morgan fingerprint density at radius 1 is 1.23 bits per heavy atom. The third-order valence-corrected chi connectivity index (χ3v) is 4.43. The fourth-order valence-corrected chi connectivity index (χ4v) is 3.18. The summed E-state index contributed by atoms with van der Waals surface area (Å²) in [6.07, 6.45) is -0.352. The molecule has 136 valence electrons. The van der Waals surface area contributed by atoms with Crippen molar-refractivity contribution in [2.45, 2.75) is 19.1 Å². The third kappa shape index (κ3) is 3.67. The molecule has 0 saturated carbocycles. The van der Waals surface area contributed by atoms with Crippen molar-refractivity contribution in [2.24, 2.45) is 0 Å². The van der Waals surface area contributed by atoms with Gasteiger partial charge in [-0.05, 0) is 18.6 Å². The summed E-state index contributed by atoms with van der Waals surface area (Å²) in [5, 5.41) is 14.0. The van der Waals surface area contributed by atoms with E-state index in [1.54, 1.807) is 18.0 Å². The quantitative estimate of drug-likeness (QED) is 0.672. The second-order valence-electron chi connectivity index (χ2n) is 6.29. The normalized spacial score (nSPS) is 19.8. The molecule has 0 aliphatic carbocycles. The van der Waals surface area contributed by atoms with E-state index in [0.717, 1.165) is 5.56 Å². The molecule has 1 amide bonds. The highest BCUT2D eigenvalue weighted by molar-refractivity contribution is 6.00. The first-order valence-electron chi connectivity index (χ1n) is 8.45. The number of benzene rings is 2. The number of ether oxygens (including phenoxy) is 1. The predicted molar refractivity (Wildman–Crippen MR) is 98.3 cm³/mol. The standard InChI is InChI=1S/C19H21N3O4/c1-13-11-21(12-18(26-13)14-6-4-3-5-7-14)19(23)16-10-15(22(24)25)8-9-17(16)20-2/h3-10,13,18,20H,11-12H2,1-2H3/t13-,18+/m0/s1. The van der Waals surface area contributed by atoms with E-state index in [2.05, 4.69) is 5.32 Å². The second kappa shape index (κ2) is 7.53. The van der Waals surface area contributed by atoms with E-state index in [4.69, 9.17) is 4.74 Å². The summed E-state index contributed by atoms with van der Waals surface area (Å²) >= 11 is 0. The van der Waals surface area contributed by atoms with Crippen LogP contribution in [0.5, 0.6) is 0 Å². The maximum atomic E-state index is 13.1. The van der Waals surface area contributed by atoms with Crippen molar-refractivity contribution >= 4 is 17.3 Å². The molecule has 1 N–H and O–H groups in total. The van der Waals surface area contributed by atoms with Crippen molar-refractivity contribution in [3.05, 3.63) is 69.8 Å². The van der Waals surface area contributed by atoms with Gasteiger partial charge < -0.3 is 15.0 Å². The van der Waals surface area contributed by atoms with Crippen LogP contribution in [-0.4, -0.2) is 42.0 Å². The molecule has 0 radical (unpaired) electrons. The minimum Gasteiger partial charge on any atom is -0.387 e. The number of carbonyl (C=O) groups excluding carboxylic acids is 1. The van der Waals surface area contributed by atoms with Crippen LogP contribution in [0.3, 0.4) is 0 Å². The number of hydrogen-bond donors (Lipinski definition) is 1. The van der Waals surface area contributed by atoms with Crippen LogP contribution in [0.4, 0.5) is 11.4 Å². The van der Waals surface area contributed by atoms with Gasteiger partial charge in [-0.25, -0.2) is 0 Å². The van der Waals surface area contributed by atoms with Crippen molar-refractivity contribution in [3.8, 4) is 0 Å². The van der Waals surface area contributed by atoms with E-state index in [1.165, 1.54) is 12.1 Å². The molecule has 2 aromatic carbocycles. The minimum absolute atomic E-state index is 0.103. The van der Waals surface area contributed by atoms with Crippen LogP contribution in [0.2, 0.25) is 0 Å². The Kier molecular flexibility index (Phi) is 5.18. The zero-order valence-electron chi connectivity index (χ0n) is 14.7. The number of nitro groups is 1. The van der Waals surface area contributed by atoms with Crippen LogP contribution < -0.4 is 5.32 Å². The number of nitro benzene ring substituents is 1. The van der Waals surface area contributed by atoms with Crippen molar-refractivity contribution in [2.75, 3.05) is 25.5 Å². The monoisotopic (exact) mass is 355 g/mol. The molecule has 0 bridgehead atoms. The van der Waals surface area contributed by atoms with Crippen molar-refractivity contribution in [1.82, 2.24) is 4.90 Å². The molecule has 0 spiro atoms. The molecular weight excluding hydrogens is 334 g/mol. The maximum absolute atomic E-state index is 13.1. The van der Waals surface area contributed by atoms with Gasteiger partial charge in [-0.15, -0.1) is 0 Å². The molecule has 7 nitrogen and oxygen atoms in total. The topological polar surface area (TPSA) is 84.7 Å². The van der Waals surface area contributed by atoms with Gasteiger partial charge in [0.2, 0.25) is 0 Å². The summed E-state index contributed by atoms with van der Waals surface area (Å²) in [6, 6.07) is 14.0. The summed E-state index contributed by atoms with van der Waals surface area (Å²) < 4.78 is 5.99. The van der Waals surface area contributed by atoms with Crippen LogP contribution in [0, 0.1) is 10.1 Å². The molecule has 1 fully saturated rings. The number of non-ortho nitro benzene ring substituents is 1. The molecule has 0 unspecified atom stereocenters. The lowest BCUT2D eigenvalue weighted by Gasteiger charge is -2.37. The average Bonchev–Trinajstić information content (AvgIpc) is 2.67. The molecule has 1 saturated heterocycles. The van der Waals surface area contributed by atoms with Gasteiger partial charge in [0.15, 0.2) is 0 Å². The molecule has 3 rings (SSSR count). The number of nitrogens with one attached hydrogen (secondary N) is 1. The summed E-state index contributed by atoms with van der Waals surface area (Å²) in [6.45, 7) is 2.76. The van der Waals surface area contributed by atoms with Gasteiger partial charge in [0.05, 0.1) is 23.1 Å². The number of amides is 1.